The zero-order valence-electron chi connectivity index (χ0n) is 11.1. The third-order valence-electron chi connectivity index (χ3n) is 2.27. The molecule has 114 valence electrons. The predicted molar refractivity (Wildman–Crippen MR) is 66.1 cm³/mol. The fraction of sp³-hybridized carbons (Fsp3) is 0.538. The highest BCUT2D eigenvalue weighted by atomic mass is 19.4. The van der Waals surface area contributed by atoms with E-state index in [9.17, 15) is 17.6 Å². The molecule has 1 aromatic rings. The first-order chi connectivity index (χ1) is 9.40. The van der Waals surface area contributed by atoms with Gasteiger partial charge in [0.15, 0.2) is 0 Å². The van der Waals surface area contributed by atoms with Crippen molar-refractivity contribution in [2.45, 2.75) is 19.6 Å². The number of nitrogens with one attached hydrogen (secondary N) is 1. The molecule has 0 aliphatic heterocycles. The molecular formula is C13H17F4NO2. The van der Waals surface area contributed by atoms with Crippen LogP contribution in [0.2, 0.25) is 0 Å². The minimum absolute atomic E-state index is 0.0693. The van der Waals surface area contributed by atoms with E-state index in [1.807, 2.05) is 6.92 Å². The topological polar surface area (TPSA) is 30.5 Å². The van der Waals surface area contributed by atoms with Gasteiger partial charge in [0.1, 0.15) is 24.8 Å². The Kier molecular flexibility index (Phi) is 6.74. The zero-order valence-corrected chi connectivity index (χ0v) is 11.1. The van der Waals surface area contributed by atoms with Gasteiger partial charge in [-0.2, -0.15) is 13.2 Å². The maximum Gasteiger partial charge on any atom is 0.411 e. The normalized spacial score (nSPS) is 11.7. The number of halogens is 4. The van der Waals surface area contributed by atoms with Crippen LogP contribution in [-0.2, 0) is 11.3 Å². The van der Waals surface area contributed by atoms with Gasteiger partial charge < -0.3 is 14.8 Å². The first kappa shape index (κ1) is 16.7. The number of hydrogen-bond donors (Lipinski definition) is 1. The van der Waals surface area contributed by atoms with Gasteiger partial charge in [0.05, 0.1) is 6.61 Å². The second kappa shape index (κ2) is 8.06. The lowest BCUT2D eigenvalue weighted by Crippen LogP contribution is -2.19. The first-order valence-electron chi connectivity index (χ1n) is 6.18. The van der Waals surface area contributed by atoms with E-state index < -0.39 is 18.6 Å². The second-order valence-corrected chi connectivity index (χ2v) is 4.09. The molecule has 0 saturated carbocycles. The van der Waals surface area contributed by atoms with Crippen LogP contribution in [0, 0.1) is 5.82 Å². The van der Waals surface area contributed by atoms with Crippen molar-refractivity contribution >= 4 is 0 Å². The lowest BCUT2D eigenvalue weighted by atomic mass is 10.2. The van der Waals surface area contributed by atoms with Gasteiger partial charge in [-0.15, -0.1) is 0 Å². The molecule has 20 heavy (non-hydrogen) atoms. The lowest BCUT2D eigenvalue weighted by molar-refractivity contribution is -0.175. The van der Waals surface area contributed by atoms with Crippen LogP contribution in [0.3, 0.4) is 0 Å². The summed E-state index contributed by atoms with van der Waals surface area (Å²) in [7, 11) is 0. The van der Waals surface area contributed by atoms with E-state index in [1.54, 1.807) is 6.07 Å². The molecule has 3 nitrogen and oxygen atoms in total. The van der Waals surface area contributed by atoms with Crippen LogP contribution in [0.5, 0.6) is 5.75 Å². The summed E-state index contributed by atoms with van der Waals surface area (Å²) >= 11 is 0. The fourth-order valence-electron chi connectivity index (χ4n) is 1.48. The third kappa shape index (κ3) is 7.30. The average Bonchev–Trinajstić information content (AvgIpc) is 2.34. The Hall–Kier alpha value is -1.34. The number of benzene rings is 1. The highest BCUT2D eigenvalue weighted by Gasteiger charge is 2.27. The average molecular weight is 295 g/mol. The maximum absolute atomic E-state index is 13.3. The standard InChI is InChI=1S/C13H17F4NO2/c1-2-18-8-10-5-11(14)7-12(6-10)20-4-3-19-9-13(15,16)17/h5-7,18H,2-4,8-9H2,1H3. The van der Waals surface area contributed by atoms with E-state index in [0.717, 1.165) is 6.54 Å². The summed E-state index contributed by atoms with van der Waals surface area (Å²) in [6.45, 7) is 1.58. The Morgan fingerprint density at radius 3 is 2.55 bits per heavy atom. The molecule has 0 fully saturated rings. The Bertz CT molecular complexity index is 410. The fourth-order valence-corrected chi connectivity index (χ4v) is 1.48. The summed E-state index contributed by atoms with van der Waals surface area (Å²) < 4.78 is 58.3. The van der Waals surface area contributed by atoms with Crippen molar-refractivity contribution in [3.63, 3.8) is 0 Å². The summed E-state index contributed by atoms with van der Waals surface area (Å²) in [6, 6.07) is 4.18. The van der Waals surface area contributed by atoms with Gasteiger partial charge in [-0.05, 0) is 24.2 Å². The van der Waals surface area contributed by atoms with E-state index >= 15 is 0 Å². The van der Waals surface area contributed by atoms with E-state index in [1.165, 1.54) is 12.1 Å². The Labute approximate surface area is 114 Å². The molecule has 0 saturated heterocycles. The minimum Gasteiger partial charge on any atom is -0.491 e. The summed E-state index contributed by atoms with van der Waals surface area (Å²) in [5.41, 5.74) is 0.707. The molecule has 1 aromatic carbocycles. The molecule has 0 spiro atoms. The Morgan fingerprint density at radius 1 is 1.15 bits per heavy atom. The van der Waals surface area contributed by atoms with Crippen molar-refractivity contribution in [3.8, 4) is 5.75 Å². The molecular weight excluding hydrogens is 278 g/mol. The molecule has 7 heteroatoms. The minimum atomic E-state index is -4.35. The van der Waals surface area contributed by atoms with Crippen LogP contribution in [0.25, 0.3) is 0 Å². The van der Waals surface area contributed by atoms with Gasteiger partial charge >= 0.3 is 6.18 Å². The summed E-state index contributed by atoms with van der Waals surface area (Å²) in [4.78, 5) is 0. The summed E-state index contributed by atoms with van der Waals surface area (Å²) in [5.74, 6) is -0.180. The molecule has 0 heterocycles. The van der Waals surface area contributed by atoms with Crippen LogP contribution in [-0.4, -0.2) is 32.5 Å². The maximum atomic E-state index is 13.3. The van der Waals surface area contributed by atoms with Crippen LogP contribution < -0.4 is 10.1 Å². The zero-order chi connectivity index (χ0) is 15.0. The molecule has 0 amide bonds. The van der Waals surface area contributed by atoms with Crippen LogP contribution in [0.1, 0.15) is 12.5 Å². The monoisotopic (exact) mass is 295 g/mol. The summed E-state index contributed by atoms with van der Waals surface area (Å²) in [5, 5.41) is 3.04. The molecule has 0 aromatic heterocycles. The van der Waals surface area contributed by atoms with Gasteiger partial charge in [-0.3, -0.25) is 0 Å². The number of ether oxygens (including phenoxy) is 2. The van der Waals surface area contributed by atoms with Gasteiger partial charge in [0.2, 0.25) is 0 Å². The number of alkyl halides is 3. The highest BCUT2D eigenvalue weighted by molar-refractivity contribution is 5.29. The molecule has 0 atom stereocenters. The van der Waals surface area contributed by atoms with Gasteiger partial charge in [0, 0.05) is 12.6 Å². The van der Waals surface area contributed by atoms with Gasteiger partial charge in [-0.25, -0.2) is 4.39 Å². The number of rotatable bonds is 8. The highest BCUT2D eigenvalue weighted by Crippen LogP contribution is 2.17. The van der Waals surface area contributed by atoms with Crippen molar-refractivity contribution < 1.29 is 27.0 Å². The molecule has 0 aliphatic carbocycles. The second-order valence-electron chi connectivity index (χ2n) is 4.09. The van der Waals surface area contributed by atoms with Crippen molar-refractivity contribution in [3.05, 3.63) is 29.6 Å². The lowest BCUT2D eigenvalue weighted by Gasteiger charge is -2.10. The number of hydrogen-bond acceptors (Lipinski definition) is 3. The van der Waals surface area contributed by atoms with Gasteiger partial charge in [-0.1, -0.05) is 6.92 Å². The van der Waals surface area contributed by atoms with Crippen LogP contribution in [0.4, 0.5) is 17.6 Å². The summed E-state index contributed by atoms with van der Waals surface area (Å²) in [6.07, 6.45) is -4.35. The van der Waals surface area contributed by atoms with E-state index in [0.29, 0.717) is 12.1 Å². The SMILES string of the molecule is CCNCc1cc(F)cc(OCCOCC(F)(F)F)c1. The molecule has 0 radical (unpaired) electrons. The third-order valence-corrected chi connectivity index (χ3v) is 2.27. The Morgan fingerprint density at radius 2 is 1.90 bits per heavy atom. The molecule has 0 bridgehead atoms. The van der Waals surface area contributed by atoms with Crippen LogP contribution in [0.15, 0.2) is 18.2 Å². The smallest absolute Gasteiger partial charge is 0.411 e. The van der Waals surface area contributed by atoms with Crippen LogP contribution >= 0.6 is 0 Å². The largest absolute Gasteiger partial charge is 0.491 e. The Balaban J connectivity index is 2.37. The predicted octanol–water partition coefficient (Wildman–Crippen LogP) is 2.89. The van der Waals surface area contributed by atoms with E-state index in [4.69, 9.17) is 4.74 Å². The van der Waals surface area contributed by atoms with Gasteiger partial charge in [0.25, 0.3) is 0 Å². The quantitative estimate of drug-likeness (QED) is 0.591. The van der Waals surface area contributed by atoms with E-state index in [2.05, 4.69) is 10.1 Å². The molecule has 0 aliphatic rings. The van der Waals surface area contributed by atoms with Crippen molar-refractivity contribution in [2.24, 2.45) is 0 Å². The molecule has 1 N–H and O–H groups in total. The van der Waals surface area contributed by atoms with E-state index in [-0.39, 0.29) is 19.0 Å². The van der Waals surface area contributed by atoms with Crippen molar-refractivity contribution in [2.75, 3.05) is 26.4 Å². The first-order valence-corrected chi connectivity index (χ1v) is 6.18. The molecule has 1 rings (SSSR count). The van der Waals surface area contributed by atoms with Crippen molar-refractivity contribution in [1.82, 2.24) is 5.32 Å². The molecule has 0 unspecified atom stereocenters. The van der Waals surface area contributed by atoms with Crippen molar-refractivity contribution in [1.29, 1.82) is 0 Å².